The number of likely N-dealkylation sites (tertiary alicyclic amines) is 1. The minimum absolute atomic E-state index is 0.00374. The van der Waals surface area contributed by atoms with E-state index in [1.165, 1.54) is 6.07 Å². The molecule has 2 heterocycles. The van der Waals surface area contributed by atoms with Gasteiger partial charge >= 0.3 is 0 Å². The van der Waals surface area contributed by atoms with Crippen LogP contribution >= 0.6 is 11.3 Å². The van der Waals surface area contributed by atoms with Crippen LogP contribution in [0.15, 0.2) is 6.07 Å². The number of carbonyl (C=O) groups is 2. The molecule has 1 fully saturated rings. The smallest absolute Gasteiger partial charge is 0.283 e. The number of aryl methyl sites for hydroxylation is 1. The third kappa shape index (κ3) is 4.56. The molecule has 0 saturated carbocycles. The molecule has 2 rings (SSSR count). The number of amides is 2. The summed E-state index contributed by atoms with van der Waals surface area (Å²) >= 11 is 1.16. The summed E-state index contributed by atoms with van der Waals surface area (Å²) in [6, 6.07) is 1.36. The fourth-order valence-electron chi connectivity index (χ4n) is 3.06. The Morgan fingerprint density at radius 2 is 2.04 bits per heavy atom. The van der Waals surface area contributed by atoms with Crippen molar-refractivity contribution in [1.29, 1.82) is 0 Å². The van der Waals surface area contributed by atoms with Gasteiger partial charge in [-0.05, 0) is 26.2 Å². The summed E-state index contributed by atoms with van der Waals surface area (Å²) in [5.41, 5.74) is -0.00374. The van der Waals surface area contributed by atoms with Gasteiger partial charge in [0.15, 0.2) is 0 Å². The highest BCUT2D eigenvalue weighted by Crippen LogP contribution is 2.30. The monoisotopic (exact) mass is 367 g/mol. The van der Waals surface area contributed by atoms with E-state index in [-0.39, 0.29) is 23.4 Å². The summed E-state index contributed by atoms with van der Waals surface area (Å²) in [6.07, 6.45) is 3.34. The van der Waals surface area contributed by atoms with E-state index in [9.17, 15) is 19.7 Å². The number of nitro groups is 1. The van der Waals surface area contributed by atoms with Gasteiger partial charge in [0, 0.05) is 38.7 Å². The molecule has 1 aromatic rings. The molecule has 1 aromatic heterocycles. The number of nitrogens with zero attached hydrogens (tertiary/aromatic N) is 3. The summed E-state index contributed by atoms with van der Waals surface area (Å²) < 4.78 is 0. The number of piperidine rings is 1. The van der Waals surface area contributed by atoms with Gasteiger partial charge in [0.2, 0.25) is 5.91 Å². The van der Waals surface area contributed by atoms with Crippen LogP contribution in [-0.2, 0) is 4.79 Å². The Labute approximate surface area is 151 Å². The lowest BCUT2D eigenvalue weighted by atomic mass is 9.95. The van der Waals surface area contributed by atoms with Crippen LogP contribution < -0.4 is 0 Å². The lowest BCUT2D eigenvalue weighted by Crippen LogP contribution is -2.43. The minimum Gasteiger partial charge on any atom is -0.346 e. The molecule has 1 aliphatic heterocycles. The number of unbranched alkanes of at least 4 members (excludes halogenated alkanes) is 1. The van der Waals surface area contributed by atoms with Crippen molar-refractivity contribution in [3.63, 3.8) is 0 Å². The lowest BCUT2D eigenvalue weighted by Gasteiger charge is -2.33. The van der Waals surface area contributed by atoms with Crippen molar-refractivity contribution in [3.8, 4) is 0 Å². The highest BCUT2D eigenvalue weighted by molar-refractivity contribution is 7.14. The van der Waals surface area contributed by atoms with E-state index >= 15 is 0 Å². The van der Waals surface area contributed by atoms with Crippen LogP contribution in [0, 0.1) is 23.0 Å². The summed E-state index contributed by atoms with van der Waals surface area (Å²) in [5, 5.41) is 10.9. The third-order valence-electron chi connectivity index (χ3n) is 4.65. The Bertz CT molecular complexity index is 650. The zero-order valence-corrected chi connectivity index (χ0v) is 15.8. The van der Waals surface area contributed by atoms with E-state index in [1.54, 1.807) is 16.7 Å². The zero-order valence-electron chi connectivity index (χ0n) is 15.0. The van der Waals surface area contributed by atoms with Gasteiger partial charge in [0.1, 0.15) is 0 Å². The molecule has 2 amide bonds. The van der Waals surface area contributed by atoms with Gasteiger partial charge in [0.25, 0.3) is 11.6 Å². The third-order valence-corrected chi connectivity index (χ3v) is 5.68. The van der Waals surface area contributed by atoms with E-state index in [2.05, 4.69) is 6.92 Å². The molecule has 8 heteroatoms. The molecule has 0 N–H and O–H groups in total. The highest BCUT2D eigenvalue weighted by atomic mass is 32.1. The molecule has 0 radical (unpaired) electrons. The van der Waals surface area contributed by atoms with Crippen molar-refractivity contribution in [2.24, 2.45) is 5.92 Å². The second kappa shape index (κ2) is 8.42. The summed E-state index contributed by atoms with van der Waals surface area (Å²) in [4.78, 5) is 39.9. The minimum atomic E-state index is -0.459. The van der Waals surface area contributed by atoms with Gasteiger partial charge in [-0.3, -0.25) is 19.7 Å². The van der Waals surface area contributed by atoms with Gasteiger partial charge in [-0.15, -0.1) is 11.3 Å². The van der Waals surface area contributed by atoms with Crippen LogP contribution in [0.4, 0.5) is 5.69 Å². The SMILES string of the molecule is CCCCN(C)C(=O)C1CCN(C(=O)c2cc([N+](=O)[O-])c(C)s2)CC1. The van der Waals surface area contributed by atoms with Crippen molar-refractivity contribution >= 4 is 28.8 Å². The molecule has 138 valence electrons. The molecule has 0 aromatic carbocycles. The fourth-order valence-corrected chi connectivity index (χ4v) is 4.02. The average Bonchev–Trinajstić information content (AvgIpc) is 3.00. The molecule has 1 aliphatic rings. The standard InChI is InChI=1S/C17H25N3O4S/c1-4-5-8-18(3)16(21)13-6-9-19(10-7-13)17(22)15-11-14(20(23)24)12(2)25-15/h11,13H,4-10H2,1-3H3. The number of rotatable bonds is 6. The van der Waals surface area contributed by atoms with Crippen LogP contribution in [0.3, 0.4) is 0 Å². The molecule has 7 nitrogen and oxygen atoms in total. The maximum Gasteiger partial charge on any atom is 0.283 e. The quantitative estimate of drug-likeness (QED) is 0.571. The van der Waals surface area contributed by atoms with Crippen LogP contribution in [-0.4, -0.2) is 53.2 Å². The van der Waals surface area contributed by atoms with Crippen LogP contribution in [0.2, 0.25) is 0 Å². The Balaban J connectivity index is 1.93. The lowest BCUT2D eigenvalue weighted by molar-refractivity contribution is -0.385. The van der Waals surface area contributed by atoms with Gasteiger partial charge in [0.05, 0.1) is 14.7 Å². The van der Waals surface area contributed by atoms with E-state index in [4.69, 9.17) is 0 Å². The highest BCUT2D eigenvalue weighted by Gasteiger charge is 2.30. The average molecular weight is 367 g/mol. The van der Waals surface area contributed by atoms with Crippen LogP contribution in [0.1, 0.15) is 47.2 Å². The number of carbonyl (C=O) groups excluding carboxylic acids is 2. The number of thiophene rings is 1. The summed E-state index contributed by atoms with van der Waals surface area (Å²) in [6.45, 7) is 5.55. The molecule has 0 spiro atoms. The maximum absolute atomic E-state index is 12.6. The number of hydrogen-bond acceptors (Lipinski definition) is 5. The van der Waals surface area contributed by atoms with Gasteiger partial charge in [-0.2, -0.15) is 0 Å². The molecule has 0 atom stereocenters. The van der Waals surface area contributed by atoms with Crippen LogP contribution in [0.25, 0.3) is 0 Å². The largest absolute Gasteiger partial charge is 0.346 e. The van der Waals surface area contributed by atoms with Crippen molar-refractivity contribution < 1.29 is 14.5 Å². The van der Waals surface area contributed by atoms with Gasteiger partial charge < -0.3 is 9.80 Å². The first-order chi connectivity index (χ1) is 11.8. The number of hydrogen-bond donors (Lipinski definition) is 0. The predicted molar refractivity (Wildman–Crippen MR) is 96.9 cm³/mol. The van der Waals surface area contributed by atoms with Crippen molar-refractivity contribution in [2.45, 2.75) is 39.5 Å². The fraction of sp³-hybridized carbons (Fsp3) is 0.647. The molecule has 0 bridgehead atoms. The summed E-state index contributed by atoms with van der Waals surface area (Å²) in [5.74, 6) is -0.0556. The van der Waals surface area contributed by atoms with E-state index in [1.807, 2.05) is 7.05 Å². The molecular formula is C17H25N3O4S. The Morgan fingerprint density at radius 1 is 1.40 bits per heavy atom. The second-order valence-corrected chi connectivity index (χ2v) is 7.75. The molecule has 25 heavy (non-hydrogen) atoms. The maximum atomic E-state index is 12.6. The predicted octanol–water partition coefficient (Wildman–Crippen LogP) is 3.08. The van der Waals surface area contributed by atoms with Gasteiger partial charge in [-0.25, -0.2) is 0 Å². The van der Waals surface area contributed by atoms with Crippen molar-refractivity contribution in [2.75, 3.05) is 26.7 Å². The molecular weight excluding hydrogens is 342 g/mol. The van der Waals surface area contributed by atoms with Crippen molar-refractivity contribution in [3.05, 3.63) is 25.9 Å². The zero-order chi connectivity index (χ0) is 18.6. The molecule has 0 aliphatic carbocycles. The first-order valence-electron chi connectivity index (χ1n) is 8.64. The normalized spacial score (nSPS) is 15.2. The summed E-state index contributed by atoms with van der Waals surface area (Å²) in [7, 11) is 1.84. The first-order valence-corrected chi connectivity index (χ1v) is 9.45. The van der Waals surface area contributed by atoms with E-state index in [0.717, 1.165) is 30.7 Å². The Hall–Kier alpha value is -1.96. The van der Waals surface area contributed by atoms with Crippen molar-refractivity contribution in [1.82, 2.24) is 9.80 Å². The topological polar surface area (TPSA) is 83.8 Å². The second-order valence-electron chi connectivity index (χ2n) is 6.49. The first kappa shape index (κ1) is 19.4. The van der Waals surface area contributed by atoms with E-state index in [0.29, 0.717) is 35.7 Å². The van der Waals surface area contributed by atoms with Crippen LogP contribution in [0.5, 0.6) is 0 Å². The molecule has 0 unspecified atom stereocenters. The van der Waals surface area contributed by atoms with E-state index < -0.39 is 4.92 Å². The van der Waals surface area contributed by atoms with Gasteiger partial charge in [-0.1, -0.05) is 13.3 Å². The Kier molecular flexibility index (Phi) is 6.52. The Morgan fingerprint density at radius 3 is 2.56 bits per heavy atom. The molecule has 1 saturated heterocycles.